The van der Waals surface area contributed by atoms with Crippen molar-refractivity contribution in [3.63, 3.8) is 0 Å². The lowest BCUT2D eigenvalue weighted by Gasteiger charge is -2.26. The number of anilines is 1. The normalized spacial score (nSPS) is 35.4. The molecule has 2 bridgehead atoms. The number of aromatic nitrogens is 7. The first-order valence-corrected chi connectivity index (χ1v) is 16.9. The van der Waals surface area contributed by atoms with E-state index in [4.69, 9.17) is 45.1 Å². The summed E-state index contributed by atoms with van der Waals surface area (Å²) in [6, 6.07) is 0. The van der Waals surface area contributed by atoms with E-state index in [2.05, 4.69) is 24.9 Å². The molecule has 0 radical (unpaired) electrons. The van der Waals surface area contributed by atoms with E-state index in [0.717, 1.165) is 12.5 Å². The number of aromatic amines is 1. The molecule has 22 heteroatoms. The highest BCUT2D eigenvalue weighted by molar-refractivity contribution is 8.07. The first-order valence-electron chi connectivity index (χ1n) is 12.8. The monoisotopic (exact) mass is 660 g/mol. The molecule has 0 aliphatic carbocycles. The number of rotatable bonds is 2. The lowest BCUT2D eigenvalue weighted by atomic mass is 10.2. The number of nitrogen functional groups attached to an aromatic ring is 1. The molecule has 4 aromatic heterocycles. The number of nitrogens with zero attached hydrogens (tertiary/aromatic N) is 6. The van der Waals surface area contributed by atoms with Gasteiger partial charge in [0, 0.05) is 19.0 Å². The Kier molecular flexibility index (Phi) is 7.22. The third kappa shape index (κ3) is 5.42. The molecule has 8 atom stereocenters. The van der Waals surface area contributed by atoms with Crippen LogP contribution in [-0.2, 0) is 43.9 Å². The number of phosphoric ester groups is 1. The highest BCUT2D eigenvalue weighted by Crippen LogP contribution is 2.53. The van der Waals surface area contributed by atoms with Crippen molar-refractivity contribution in [1.29, 1.82) is 0 Å². The van der Waals surface area contributed by atoms with Crippen LogP contribution in [-0.4, -0.2) is 81.5 Å². The van der Waals surface area contributed by atoms with Crippen LogP contribution in [0.2, 0.25) is 0 Å². The average molecular weight is 660 g/mol. The van der Waals surface area contributed by atoms with Gasteiger partial charge in [0.25, 0.3) is 5.56 Å². The molecule has 7 heterocycles. The maximum atomic E-state index is 14.7. The molecule has 3 aliphatic rings. The van der Waals surface area contributed by atoms with Crippen molar-refractivity contribution < 1.29 is 46.3 Å². The van der Waals surface area contributed by atoms with Crippen LogP contribution >= 0.6 is 14.5 Å². The zero-order valence-corrected chi connectivity index (χ0v) is 24.3. The van der Waals surface area contributed by atoms with Crippen molar-refractivity contribution in [2.75, 3.05) is 18.9 Å². The van der Waals surface area contributed by atoms with E-state index in [0.29, 0.717) is 11.2 Å². The van der Waals surface area contributed by atoms with Crippen molar-refractivity contribution in [2.24, 2.45) is 0 Å². The van der Waals surface area contributed by atoms with Gasteiger partial charge in [0.15, 0.2) is 29.2 Å². The van der Waals surface area contributed by atoms with E-state index in [1.807, 2.05) is 0 Å². The Labute approximate surface area is 244 Å². The summed E-state index contributed by atoms with van der Waals surface area (Å²) in [6.45, 7) is -4.75. The van der Waals surface area contributed by atoms with Crippen LogP contribution < -0.4 is 11.3 Å². The molecule has 3 saturated heterocycles. The third-order valence-electron chi connectivity index (χ3n) is 7.23. The van der Waals surface area contributed by atoms with Gasteiger partial charge in [0.05, 0.1) is 38.1 Å². The van der Waals surface area contributed by atoms with Crippen LogP contribution in [0.4, 0.5) is 10.2 Å². The number of fused-ring (bicyclic) bond motifs is 5. The minimum atomic E-state index is -4.81. The van der Waals surface area contributed by atoms with Crippen molar-refractivity contribution in [1.82, 2.24) is 34.1 Å². The highest BCUT2D eigenvalue weighted by Gasteiger charge is 2.47. The number of nitrogens with one attached hydrogen (secondary N) is 1. The second kappa shape index (κ2) is 10.7. The Balaban J connectivity index is 1.17. The second-order valence-electron chi connectivity index (χ2n) is 9.96. The molecule has 43 heavy (non-hydrogen) atoms. The molecule has 2 unspecified atom stereocenters. The average Bonchev–Trinajstić information content (AvgIpc) is 3.71. The van der Waals surface area contributed by atoms with Crippen molar-refractivity contribution >= 4 is 54.4 Å². The Bertz CT molecular complexity index is 1870. The van der Waals surface area contributed by atoms with Gasteiger partial charge in [-0.3, -0.25) is 18.4 Å². The van der Waals surface area contributed by atoms with Gasteiger partial charge in [-0.2, -0.15) is 0 Å². The topological polar surface area (TPSA) is 233 Å². The van der Waals surface area contributed by atoms with Crippen LogP contribution in [0.5, 0.6) is 0 Å². The number of hydrogen-bond donors (Lipinski definition) is 4. The van der Waals surface area contributed by atoms with Gasteiger partial charge in [-0.1, -0.05) is 0 Å². The number of phosphoric acid groups is 1. The molecule has 7 rings (SSSR count). The van der Waals surface area contributed by atoms with Gasteiger partial charge in [0.1, 0.15) is 35.7 Å². The minimum Gasteiger partial charge on any atom is -0.382 e. The van der Waals surface area contributed by atoms with E-state index in [9.17, 15) is 23.5 Å². The molecule has 0 saturated carbocycles. The number of H-pyrrole nitrogens is 1. The summed E-state index contributed by atoms with van der Waals surface area (Å²) in [4.78, 5) is 52.4. The standard InChI is InChI=1S/C21H23FN8O10P2S/c22-10-3-29(18-15(10)20(31)27-7-25-18)21-12-1-9(37-21)4-36-42(34,43)40-11-2-14(38-13(11)5-35-41(32,33)39-12)30-8-28-16-17(23)24-6-26-19(16)30/h3,6-9,11-14,21H,1-2,4-5H2,(H,32,33)(H,34,43)(H2,23,24,26)(H,25,27,31)/t9-,11-,12+,13+,14+,21+,42?/m0/s1. The Morgan fingerprint density at radius 1 is 1.02 bits per heavy atom. The van der Waals surface area contributed by atoms with Crippen molar-refractivity contribution in [3.8, 4) is 0 Å². The van der Waals surface area contributed by atoms with Crippen LogP contribution in [0.1, 0.15) is 25.3 Å². The van der Waals surface area contributed by atoms with Gasteiger partial charge in [-0.25, -0.2) is 28.9 Å². The van der Waals surface area contributed by atoms with Crippen LogP contribution in [0, 0.1) is 5.82 Å². The number of imidazole rings is 1. The maximum absolute atomic E-state index is 14.7. The Morgan fingerprint density at radius 2 is 1.86 bits per heavy atom. The lowest BCUT2D eigenvalue weighted by Crippen LogP contribution is -2.29. The number of ether oxygens (including phenoxy) is 2. The van der Waals surface area contributed by atoms with Gasteiger partial charge in [-0.05, 0) is 11.8 Å². The summed E-state index contributed by atoms with van der Waals surface area (Å²) in [5.41, 5.74) is 5.79. The molecule has 18 nitrogen and oxygen atoms in total. The third-order valence-corrected chi connectivity index (χ3v) is 9.83. The smallest absolute Gasteiger partial charge is 0.382 e. The predicted octanol–water partition coefficient (Wildman–Crippen LogP) is 0.995. The summed E-state index contributed by atoms with van der Waals surface area (Å²) in [7, 11) is -4.81. The van der Waals surface area contributed by atoms with Crippen molar-refractivity contribution in [2.45, 2.75) is 49.7 Å². The summed E-state index contributed by atoms with van der Waals surface area (Å²) >= 11 is 5.25. The molecule has 0 aromatic carbocycles. The molecule has 5 N–H and O–H groups in total. The SMILES string of the molecule is Nc1ncnc2c1ncn2[C@H]1C[C@@H]2OP(O)(=S)OC[C@@H]3C[C@@H](OP(=O)(O)OC[C@H]2O1)[C@H](n1cc(F)c2c(=O)[nH]cnc21)O3. The van der Waals surface area contributed by atoms with E-state index >= 15 is 0 Å². The van der Waals surface area contributed by atoms with Crippen LogP contribution in [0.3, 0.4) is 0 Å². The summed E-state index contributed by atoms with van der Waals surface area (Å²) in [5, 5.41) is -0.333. The molecular weight excluding hydrogens is 637 g/mol. The first kappa shape index (κ1) is 29.0. The largest absolute Gasteiger partial charge is 0.472 e. The van der Waals surface area contributed by atoms with Crippen LogP contribution in [0.25, 0.3) is 22.2 Å². The Morgan fingerprint density at radius 3 is 2.70 bits per heavy atom. The molecule has 3 aliphatic heterocycles. The van der Waals surface area contributed by atoms with Gasteiger partial charge in [-0.15, -0.1) is 0 Å². The first-order chi connectivity index (χ1) is 20.5. The lowest BCUT2D eigenvalue weighted by molar-refractivity contribution is -0.0638. The fourth-order valence-corrected chi connectivity index (χ4v) is 7.79. The quantitative estimate of drug-likeness (QED) is 0.220. The summed E-state index contributed by atoms with van der Waals surface area (Å²) < 4.78 is 64.8. The molecule has 230 valence electrons. The molecule has 0 amide bonds. The van der Waals surface area contributed by atoms with E-state index < -0.39 is 69.4 Å². The zero-order chi connectivity index (χ0) is 30.1. The van der Waals surface area contributed by atoms with Crippen molar-refractivity contribution in [3.05, 3.63) is 41.3 Å². The summed E-state index contributed by atoms with van der Waals surface area (Å²) in [6.07, 6.45) is -1.22. The predicted molar refractivity (Wildman–Crippen MR) is 145 cm³/mol. The fraction of sp³-hybridized carbons (Fsp3) is 0.476. The zero-order valence-electron chi connectivity index (χ0n) is 21.7. The summed E-state index contributed by atoms with van der Waals surface area (Å²) in [5.74, 6) is -0.725. The van der Waals surface area contributed by atoms with Crippen LogP contribution in [0.15, 0.2) is 30.0 Å². The number of hydrogen-bond acceptors (Lipinski definition) is 14. The molecule has 3 fully saturated rings. The van der Waals surface area contributed by atoms with E-state index in [-0.39, 0.29) is 36.3 Å². The van der Waals surface area contributed by atoms with E-state index in [1.165, 1.54) is 17.2 Å². The number of nitrogens with two attached hydrogens (primary N) is 1. The van der Waals surface area contributed by atoms with Gasteiger partial charge < -0.3 is 43.6 Å². The molecule has 0 spiro atoms. The fourth-order valence-electron chi connectivity index (χ4n) is 5.37. The second-order valence-corrected chi connectivity index (χ2v) is 14.2. The number of halogens is 1. The Hall–Kier alpha value is -2.74. The van der Waals surface area contributed by atoms with E-state index in [1.54, 1.807) is 4.57 Å². The van der Waals surface area contributed by atoms with Gasteiger partial charge in [0.2, 0.25) is 0 Å². The van der Waals surface area contributed by atoms with Gasteiger partial charge >= 0.3 is 14.5 Å². The minimum absolute atomic E-state index is 0.0531. The maximum Gasteiger partial charge on any atom is 0.472 e. The molecular formula is C21H23FN8O10P2S. The highest BCUT2D eigenvalue weighted by atomic mass is 32.5. The molecule has 4 aromatic rings.